The van der Waals surface area contributed by atoms with E-state index in [1.807, 2.05) is 0 Å². The van der Waals surface area contributed by atoms with Crippen molar-refractivity contribution in [1.29, 1.82) is 0 Å². The maximum atomic E-state index is 5.49. The molecule has 8 nitrogen and oxygen atoms in total. The fraction of sp³-hybridized carbons (Fsp3) is 0.167. The number of nitrogens with two attached hydrogens (primary N) is 2. The number of nitrogens with zero attached hydrogens (tertiary/aromatic N) is 4. The van der Waals surface area contributed by atoms with E-state index >= 15 is 0 Å². The Morgan fingerprint density at radius 2 is 1.18 bits per heavy atom. The number of aromatic amines is 2. The van der Waals surface area contributed by atoms with Crippen LogP contribution in [0.1, 0.15) is 11.1 Å². The predicted octanol–water partition coefficient (Wildman–Crippen LogP) is 1.67. The molecule has 0 fully saturated rings. The van der Waals surface area contributed by atoms with E-state index < -0.39 is 0 Å². The quantitative estimate of drug-likeness (QED) is 0.500. The van der Waals surface area contributed by atoms with E-state index in [1.54, 1.807) is 0 Å². The molecule has 2 heterocycles. The van der Waals surface area contributed by atoms with E-state index in [0.29, 0.717) is 22.2 Å². The van der Waals surface area contributed by atoms with Gasteiger partial charge in [-0.05, 0) is 11.1 Å². The lowest BCUT2D eigenvalue weighted by molar-refractivity contribution is 0.973. The number of H-pyrrole nitrogens is 2. The van der Waals surface area contributed by atoms with Gasteiger partial charge in [-0.15, -0.1) is 10.2 Å². The fourth-order valence-electron chi connectivity index (χ4n) is 1.67. The summed E-state index contributed by atoms with van der Waals surface area (Å²) in [5.74, 6) is 2.26. The van der Waals surface area contributed by atoms with Crippen LogP contribution in [0.25, 0.3) is 0 Å². The van der Waals surface area contributed by atoms with E-state index in [4.69, 9.17) is 11.5 Å². The van der Waals surface area contributed by atoms with Gasteiger partial charge in [-0.1, -0.05) is 47.8 Å². The molecule has 3 rings (SSSR count). The van der Waals surface area contributed by atoms with Crippen LogP contribution in [-0.2, 0) is 11.5 Å². The van der Waals surface area contributed by atoms with E-state index in [9.17, 15) is 0 Å². The van der Waals surface area contributed by atoms with E-state index in [2.05, 4.69) is 54.6 Å². The Balaban J connectivity index is 1.51. The molecule has 0 spiro atoms. The largest absolute Gasteiger partial charge is 0.368 e. The second kappa shape index (κ2) is 6.71. The van der Waals surface area contributed by atoms with Crippen molar-refractivity contribution in [2.75, 3.05) is 11.5 Å². The van der Waals surface area contributed by atoms with Crippen molar-refractivity contribution in [2.24, 2.45) is 0 Å². The van der Waals surface area contributed by atoms with Gasteiger partial charge in [0.15, 0.2) is 0 Å². The van der Waals surface area contributed by atoms with Crippen LogP contribution in [0.3, 0.4) is 0 Å². The Morgan fingerprint density at radius 1 is 0.773 bits per heavy atom. The van der Waals surface area contributed by atoms with Gasteiger partial charge < -0.3 is 11.5 Å². The summed E-state index contributed by atoms with van der Waals surface area (Å²) in [6.07, 6.45) is 0. The lowest BCUT2D eigenvalue weighted by Crippen LogP contribution is -1.87. The highest BCUT2D eigenvalue weighted by molar-refractivity contribution is 7.98. The van der Waals surface area contributed by atoms with Crippen molar-refractivity contribution >= 4 is 35.4 Å². The summed E-state index contributed by atoms with van der Waals surface area (Å²) in [6, 6.07) is 8.35. The van der Waals surface area contributed by atoms with Gasteiger partial charge in [0, 0.05) is 11.5 Å². The number of benzene rings is 1. The van der Waals surface area contributed by atoms with Crippen molar-refractivity contribution in [2.45, 2.75) is 21.8 Å². The molecule has 10 heteroatoms. The van der Waals surface area contributed by atoms with Crippen molar-refractivity contribution in [1.82, 2.24) is 30.4 Å². The summed E-state index contributed by atoms with van der Waals surface area (Å²) in [4.78, 5) is 8.10. The van der Waals surface area contributed by atoms with Gasteiger partial charge in [0.2, 0.25) is 22.2 Å². The highest BCUT2D eigenvalue weighted by atomic mass is 32.2. The van der Waals surface area contributed by atoms with Gasteiger partial charge >= 0.3 is 0 Å². The second-order valence-corrected chi connectivity index (χ2v) is 6.29. The smallest absolute Gasteiger partial charge is 0.216 e. The Kier molecular flexibility index (Phi) is 4.49. The molecule has 0 unspecified atom stereocenters. The summed E-state index contributed by atoms with van der Waals surface area (Å²) >= 11 is 3.07. The Labute approximate surface area is 134 Å². The maximum absolute atomic E-state index is 5.49. The first-order chi connectivity index (χ1) is 10.7. The van der Waals surface area contributed by atoms with Gasteiger partial charge in [0.1, 0.15) is 0 Å². The average Bonchev–Trinajstić information content (AvgIpc) is 3.12. The summed E-state index contributed by atoms with van der Waals surface area (Å²) < 4.78 is 0. The third-order valence-electron chi connectivity index (χ3n) is 2.72. The van der Waals surface area contributed by atoms with Crippen LogP contribution in [0.5, 0.6) is 0 Å². The van der Waals surface area contributed by atoms with Crippen LogP contribution >= 0.6 is 23.5 Å². The molecule has 114 valence electrons. The van der Waals surface area contributed by atoms with Gasteiger partial charge in [-0.25, -0.2) is 10.2 Å². The van der Waals surface area contributed by atoms with Crippen LogP contribution < -0.4 is 11.5 Å². The minimum absolute atomic E-state index is 0.336. The van der Waals surface area contributed by atoms with E-state index in [-0.39, 0.29) is 0 Å². The molecule has 6 N–H and O–H groups in total. The minimum Gasteiger partial charge on any atom is -0.368 e. The number of hydrogen-bond acceptors (Lipinski definition) is 8. The maximum Gasteiger partial charge on any atom is 0.216 e. The number of rotatable bonds is 6. The third-order valence-corrected chi connectivity index (χ3v) is 4.56. The van der Waals surface area contributed by atoms with Gasteiger partial charge in [0.05, 0.1) is 0 Å². The standard InChI is InChI=1S/C12H14N8S2/c13-9-15-11(19-17-9)21-5-7-1-2-8(4-3-7)6-22-12-16-10(14)18-20-12/h1-4H,5-6H2,(H3,13,15,17,19)(H3,14,16,18,20). The number of hydrogen-bond donors (Lipinski definition) is 4. The molecule has 1 aromatic carbocycles. The Bertz CT molecular complexity index is 672. The van der Waals surface area contributed by atoms with Crippen molar-refractivity contribution in [3.63, 3.8) is 0 Å². The minimum atomic E-state index is 0.336. The molecule has 22 heavy (non-hydrogen) atoms. The zero-order valence-electron chi connectivity index (χ0n) is 11.5. The van der Waals surface area contributed by atoms with Gasteiger partial charge in [-0.2, -0.15) is 9.97 Å². The summed E-state index contributed by atoms with van der Waals surface area (Å²) in [6.45, 7) is 0. The van der Waals surface area contributed by atoms with Crippen LogP contribution in [0, 0.1) is 0 Å². The number of nitrogen functional groups attached to an aromatic ring is 2. The van der Waals surface area contributed by atoms with Crippen LogP contribution in [0.4, 0.5) is 11.9 Å². The average molecular weight is 334 g/mol. The van der Waals surface area contributed by atoms with Gasteiger partial charge in [0.25, 0.3) is 0 Å². The molecule has 0 amide bonds. The molecule has 0 radical (unpaired) electrons. The number of nitrogens with one attached hydrogen (secondary N) is 2. The van der Waals surface area contributed by atoms with Crippen molar-refractivity contribution < 1.29 is 0 Å². The predicted molar refractivity (Wildman–Crippen MR) is 87.2 cm³/mol. The summed E-state index contributed by atoms with van der Waals surface area (Å²) in [7, 11) is 0. The Morgan fingerprint density at radius 3 is 1.50 bits per heavy atom. The molecular formula is C12H14N8S2. The molecule has 0 saturated carbocycles. The molecule has 0 aliphatic rings. The lowest BCUT2D eigenvalue weighted by atomic mass is 10.2. The van der Waals surface area contributed by atoms with Crippen LogP contribution in [-0.4, -0.2) is 30.4 Å². The summed E-state index contributed by atoms with van der Waals surface area (Å²) in [5, 5.41) is 14.5. The zero-order chi connectivity index (χ0) is 15.4. The summed E-state index contributed by atoms with van der Waals surface area (Å²) in [5.41, 5.74) is 13.4. The monoisotopic (exact) mass is 334 g/mol. The molecule has 0 atom stereocenters. The molecule has 0 aliphatic carbocycles. The van der Waals surface area contributed by atoms with Gasteiger partial charge in [-0.3, -0.25) is 0 Å². The second-order valence-electron chi connectivity index (χ2n) is 4.40. The van der Waals surface area contributed by atoms with Crippen molar-refractivity contribution in [3.8, 4) is 0 Å². The molecule has 2 aromatic heterocycles. The highest BCUT2D eigenvalue weighted by Crippen LogP contribution is 2.22. The van der Waals surface area contributed by atoms with Crippen LogP contribution in [0.15, 0.2) is 34.6 Å². The number of thioether (sulfide) groups is 2. The molecule has 0 bridgehead atoms. The number of anilines is 2. The normalized spacial score (nSPS) is 10.9. The molecule has 0 aliphatic heterocycles. The molecular weight excluding hydrogens is 320 g/mol. The lowest BCUT2D eigenvalue weighted by Gasteiger charge is -2.02. The van der Waals surface area contributed by atoms with Crippen LogP contribution in [0.2, 0.25) is 0 Å². The first kappa shape index (κ1) is 14.7. The zero-order valence-corrected chi connectivity index (χ0v) is 13.1. The fourth-order valence-corrected chi connectivity index (χ4v) is 3.20. The number of aromatic nitrogens is 6. The molecule has 3 aromatic rings. The Hall–Kier alpha value is -2.20. The SMILES string of the molecule is Nc1nc(SCc2ccc(CSc3n[nH]c(N)n3)cc2)n[nH]1. The highest BCUT2D eigenvalue weighted by Gasteiger charge is 2.04. The molecule has 0 saturated heterocycles. The third kappa shape index (κ3) is 3.92. The van der Waals surface area contributed by atoms with E-state index in [0.717, 1.165) is 11.5 Å². The van der Waals surface area contributed by atoms with Crippen molar-refractivity contribution in [3.05, 3.63) is 35.4 Å². The topological polar surface area (TPSA) is 135 Å². The first-order valence-electron chi connectivity index (χ1n) is 6.38. The van der Waals surface area contributed by atoms with E-state index in [1.165, 1.54) is 34.7 Å². The first-order valence-corrected chi connectivity index (χ1v) is 8.35.